The molecule has 3 aromatic carbocycles. The third-order valence-electron chi connectivity index (χ3n) is 5.67. The third kappa shape index (κ3) is 4.39. The van der Waals surface area contributed by atoms with Crippen molar-refractivity contribution in [2.45, 2.75) is 26.7 Å². The summed E-state index contributed by atoms with van der Waals surface area (Å²) in [5.74, 6) is 1.32. The van der Waals surface area contributed by atoms with Gasteiger partial charge in [-0.15, -0.1) is 0 Å². The molecule has 5 rings (SSSR count). The molecule has 0 unspecified atom stereocenters. The number of thioether (sulfide) groups is 1. The van der Waals surface area contributed by atoms with Crippen molar-refractivity contribution in [3.05, 3.63) is 88.3 Å². The standard InChI is InChI=1S/C27H24N2O3S/c1-3-18-5-10-21(11-6-18)28-27-29(22-12-7-19(4-2)8-13-22)26(30)25(33-27)16-20-9-14-23-24(15-20)32-17-31-23/h5-16H,3-4,17H2,1-2H3/b25-16+,28-27?. The van der Waals surface area contributed by atoms with Gasteiger partial charge in [0.15, 0.2) is 16.7 Å². The molecule has 0 saturated carbocycles. The minimum absolute atomic E-state index is 0.0918. The number of fused-ring (bicyclic) bond motifs is 1. The Labute approximate surface area is 197 Å². The molecule has 0 radical (unpaired) electrons. The first-order chi connectivity index (χ1) is 16.1. The Kier molecular flexibility index (Phi) is 5.92. The average molecular weight is 457 g/mol. The number of carbonyl (C=O) groups is 1. The summed E-state index contributed by atoms with van der Waals surface area (Å²) in [7, 11) is 0. The maximum Gasteiger partial charge on any atom is 0.271 e. The van der Waals surface area contributed by atoms with Gasteiger partial charge in [0.1, 0.15) is 0 Å². The van der Waals surface area contributed by atoms with E-state index in [1.807, 2.05) is 48.5 Å². The van der Waals surface area contributed by atoms with Crippen molar-refractivity contribution in [3.8, 4) is 11.5 Å². The molecule has 1 amide bonds. The van der Waals surface area contributed by atoms with Crippen LogP contribution < -0.4 is 14.4 Å². The quantitative estimate of drug-likeness (QED) is 0.420. The number of ether oxygens (including phenoxy) is 2. The van der Waals surface area contributed by atoms with Gasteiger partial charge in [0.2, 0.25) is 6.79 Å². The van der Waals surface area contributed by atoms with Gasteiger partial charge in [0, 0.05) is 0 Å². The zero-order valence-corrected chi connectivity index (χ0v) is 19.4. The minimum atomic E-state index is -0.0918. The SMILES string of the molecule is CCc1ccc(N=C2S/C(=C/c3ccc4c(c3)OCO4)C(=O)N2c2ccc(CC)cc2)cc1. The van der Waals surface area contributed by atoms with Gasteiger partial charge >= 0.3 is 0 Å². The molecule has 5 nitrogen and oxygen atoms in total. The lowest BCUT2D eigenvalue weighted by Crippen LogP contribution is -2.28. The van der Waals surface area contributed by atoms with Crippen molar-refractivity contribution in [1.29, 1.82) is 0 Å². The van der Waals surface area contributed by atoms with E-state index in [-0.39, 0.29) is 12.7 Å². The van der Waals surface area contributed by atoms with Gasteiger partial charge in [0.05, 0.1) is 16.3 Å². The van der Waals surface area contributed by atoms with Crippen LogP contribution in [0.5, 0.6) is 11.5 Å². The van der Waals surface area contributed by atoms with Crippen molar-refractivity contribution in [3.63, 3.8) is 0 Å². The average Bonchev–Trinajstić information content (AvgIpc) is 3.43. The lowest BCUT2D eigenvalue weighted by molar-refractivity contribution is -0.113. The summed E-state index contributed by atoms with van der Waals surface area (Å²) in [6.07, 6.45) is 3.80. The van der Waals surface area contributed by atoms with Crippen molar-refractivity contribution >= 4 is 40.3 Å². The topological polar surface area (TPSA) is 51.1 Å². The van der Waals surface area contributed by atoms with Gasteiger partial charge < -0.3 is 9.47 Å². The maximum atomic E-state index is 13.5. The molecule has 0 bridgehead atoms. The molecule has 6 heteroatoms. The highest BCUT2D eigenvalue weighted by molar-refractivity contribution is 8.19. The molecule has 2 aliphatic heterocycles. The molecule has 0 aliphatic carbocycles. The first-order valence-corrected chi connectivity index (χ1v) is 11.9. The van der Waals surface area contributed by atoms with Gasteiger partial charge in [0.25, 0.3) is 5.91 Å². The first-order valence-electron chi connectivity index (χ1n) is 11.0. The second kappa shape index (κ2) is 9.16. The number of amides is 1. The number of rotatable bonds is 5. The highest BCUT2D eigenvalue weighted by Gasteiger charge is 2.35. The number of amidine groups is 1. The van der Waals surface area contributed by atoms with Gasteiger partial charge in [-0.05, 0) is 83.8 Å². The number of carbonyl (C=O) groups excluding carboxylic acids is 1. The first kappa shape index (κ1) is 21.3. The van der Waals surface area contributed by atoms with Crippen LogP contribution in [-0.4, -0.2) is 17.9 Å². The molecular formula is C27H24N2O3S. The van der Waals surface area contributed by atoms with Crippen LogP contribution in [0.2, 0.25) is 0 Å². The molecule has 0 atom stereocenters. The molecule has 1 saturated heterocycles. The van der Waals surface area contributed by atoms with E-state index in [4.69, 9.17) is 14.5 Å². The summed E-state index contributed by atoms with van der Waals surface area (Å²) in [5.41, 5.74) is 4.99. The van der Waals surface area contributed by atoms with Gasteiger partial charge in [-0.2, -0.15) is 0 Å². The largest absolute Gasteiger partial charge is 0.454 e. The van der Waals surface area contributed by atoms with E-state index >= 15 is 0 Å². The summed E-state index contributed by atoms with van der Waals surface area (Å²) >= 11 is 1.38. The predicted molar refractivity (Wildman–Crippen MR) is 134 cm³/mol. The molecule has 0 spiro atoms. The Morgan fingerprint density at radius 2 is 1.58 bits per heavy atom. The van der Waals surface area contributed by atoms with Gasteiger partial charge in [-0.3, -0.25) is 9.69 Å². The van der Waals surface area contributed by atoms with Crippen LogP contribution in [0.15, 0.2) is 76.6 Å². The number of anilines is 1. The molecule has 1 fully saturated rings. The fourth-order valence-corrected chi connectivity index (χ4v) is 4.73. The number of hydrogen-bond donors (Lipinski definition) is 0. The Bertz CT molecular complexity index is 1250. The molecule has 0 N–H and O–H groups in total. The number of aryl methyl sites for hydroxylation is 2. The van der Waals surface area contributed by atoms with Crippen LogP contribution in [0.3, 0.4) is 0 Å². The second-order valence-corrected chi connectivity index (χ2v) is 8.81. The van der Waals surface area contributed by atoms with Crippen LogP contribution >= 0.6 is 11.8 Å². The van der Waals surface area contributed by atoms with Crippen molar-refractivity contribution < 1.29 is 14.3 Å². The van der Waals surface area contributed by atoms with Crippen LogP contribution in [-0.2, 0) is 17.6 Å². The van der Waals surface area contributed by atoms with Crippen LogP contribution in [0.25, 0.3) is 6.08 Å². The van der Waals surface area contributed by atoms with E-state index in [1.165, 1.54) is 22.9 Å². The molecule has 3 aromatic rings. The Balaban J connectivity index is 1.53. The molecular weight excluding hydrogens is 432 g/mol. The van der Waals surface area contributed by atoms with Crippen LogP contribution in [0.1, 0.15) is 30.5 Å². The Morgan fingerprint density at radius 3 is 2.27 bits per heavy atom. The van der Waals surface area contributed by atoms with Crippen LogP contribution in [0.4, 0.5) is 11.4 Å². The summed E-state index contributed by atoms with van der Waals surface area (Å²) in [6, 6.07) is 21.9. The van der Waals surface area contributed by atoms with Gasteiger partial charge in [-0.1, -0.05) is 44.2 Å². The summed E-state index contributed by atoms with van der Waals surface area (Å²) in [5, 5.41) is 0.639. The Morgan fingerprint density at radius 1 is 0.909 bits per heavy atom. The number of nitrogens with zero attached hydrogens (tertiary/aromatic N) is 2. The zero-order valence-electron chi connectivity index (χ0n) is 18.6. The molecule has 0 aromatic heterocycles. The second-order valence-electron chi connectivity index (χ2n) is 7.80. The fourth-order valence-electron chi connectivity index (χ4n) is 3.73. The molecule has 2 heterocycles. The van der Waals surface area contributed by atoms with E-state index < -0.39 is 0 Å². The van der Waals surface area contributed by atoms with E-state index in [1.54, 1.807) is 4.90 Å². The zero-order chi connectivity index (χ0) is 22.8. The van der Waals surface area contributed by atoms with Crippen molar-refractivity contribution in [1.82, 2.24) is 0 Å². The van der Waals surface area contributed by atoms with Crippen molar-refractivity contribution in [2.75, 3.05) is 11.7 Å². The smallest absolute Gasteiger partial charge is 0.271 e. The summed E-state index contributed by atoms with van der Waals surface area (Å²) < 4.78 is 10.9. The maximum absolute atomic E-state index is 13.5. The third-order valence-corrected chi connectivity index (χ3v) is 6.64. The van der Waals surface area contributed by atoms with E-state index in [2.05, 4.69) is 38.1 Å². The lowest BCUT2D eigenvalue weighted by Gasteiger charge is -2.16. The molecule has 166 valence electrons. The fraction of sp³-hybridized carbons (Fsp3) is 0.185. The predicted octanol–water partition coefficient (Wildman–Crippen LogP) is 6.35. The Hall–Kier alpha value is -3.51. The number of benzene rings is 3. The van der Waals surface area contributed by atoms with E-state index in [9.17, 15) is 4.79 Å². The van der Waals surface area contributed by atoms with E-state index in [0.29, 0.717) is 15.8 Å². The highest BCUT2D eigenvalue weighted by Crippen LogP contribution is 2.39. The number of hydrogen-bond acceptors (Lipinski definition) is 5. The van der Waals surface area contributed by atoms with E-state index in [0.717, 1.165) is 35.5 Å². The van der Waals surface area contributed by atoms with Gasteiger partial charge in [-0.25, -0.2) is 4.99 Å². The molecule has 2 aliphatic rings. The normalized spacial score (nSPS) is 17.4. The lowest BCUT2D eigenvalue weighted by atomic mass is 10.1. The molecule has 33 heavy (non-hydrogen) atoms. The number of aliphatic imine (C=N–C) groups is 1. The summed E-state index contributed by atoms with van der Waals surface area (Å²) in [6.45, 7) is 4.46. The highest BCUT2D eigenvalue weighted by atomic mass is 32.2. The monoisotopic (exact) mass is 456 g/mol. The minimum Gasteiger partial charge on any atom is -0.454 e. The van der Waals surface area contributed by atoms with Crippen LogP contribution in [0, 0.1) is 0 Å². The summed E-state index contributed by atoms with van der Waals surface area (Å²) in [4.78, 5) is 20.6. The van der Waals surface area contributed by atoms with Crippen molar-refractivity contribution in [2.24, 2.45) is 4.99 Å².